The molecule has 0 aliphatic heterocycles. The highest BCUT2D eigenvalue weighted by molar-refractivity contribution is 5.81. The molecule has 3 nitrogen and oxygen atoms in total. The van der Waals surface area contributed by atoms with E-state index >= 15 is 0 Å². The number of rotatable bonds is 5. The fourth-order valence-corrected chi connectivity index (χ4v) is 3.00. The van der Waals surface area contributed by atoms with E-state index in [0.29, 0.717) is 12.2 Å². The minimum absolute atomic E-state index is 0.0353. The first-order valence-electron chi connectivity index (χ1n) is 8.75. The lowest BCUT2D eigenvalue weighted by Gasteiger charge is -2.25. The molecule has 2 unspecified atom stereocenters. The SMILES string of the molecule is C=CC(=O)OC(C)Cc1cc(C(C)(C)C)cc(C2C=CC=CC2)c1O. The molecule has 1 aromatic carbocycles. The van der Waals surface area contributed by atoms with Gasteiger partial charge >= 0.3 is 5.97 Å². The quantitative estimate of drug-likeness (QED) is 0.609. The van der Waals surface area contributed by atoms with Gasteiger partial charge in [-0.25, -0.2) is 4.79 Å². The van der Waals surface area contributed by atoms with E-state index < -0.39 is 5.97 Å². The van der Waals surface area contributed by atoms with Gasteiger partial charge in [-0.3, -0.25) is 0 Å². The van der Waals surface area contributed by atoms with Crippen LogP contribution in [0.1, 0.15) is 56.7 Å². The van der Waals surface area contributed by atoms with E-state index in [0.717, 1.165) is 23.6 Å². The van der Waals surface area contributed by atoms with E-state index in [1.165, 1.54) is 5.56 Å². The summed E-state index contributed by atoms with van der Waals surface area (Å²) in [6.07, 6.45) is 10.4. The molecule has 3 heteroatoms. The largest absolute Gasteiger partial charge is 0.507 e. The van der Waals surface area contributed by atoms with Gasteiger partial charge in [-0.2, -0.15) is 0 Å². The number of hydrogen-bond donors (Lipinski definition) is 1. The topological polar surface area (TPSA) is 46.5 Å². The van der Waals surface area contributed by atoms with Gasteiger partial charge in [0.05, 0.1) is 0 Å². The highest BCUT2D eigenvalue weighted by atomic mass is 16.5. The minimum atomic E-state index is -0.445. The van der Waals surface area contributed by atoms with Gasteiger partial charge in [-0.05, 0) is 29.9 Å². The summed E-state index contributed by atoms with van der Waals surface area (Å²) in [5.41, 5.74) is 2.88. The summed E-state index contributed by atoms with van der Waals surface area (Å²) in [5, 5.41) is 10.9. The van der Waals surface area contributed by atoms with E-state index in [2.05, 4.69) is 45.6 Å². The van der Waals surface area contributed by atoms with Crippen LogP contribution in [0.4, 0.5) is 0 Å². The van der Waals surface area contributed by atoms with Crippen LogP contribution in [0.5, 0.6) is 5.75 Å². The maximum atomic E-state index is 11.4. The highest BCUT2D eigenvalue weighted by Crippen LogP contribution is 2.38. The molecule has 0 heterocycles. The maximum Gasteiger partial charge on any atom is 0.330 e. The molecule has 2 atom stereocenters. The summed E-state index contributed by atoms with van der Waals surface area (Å²) >= 11 is 0. The number of aromatic hydroxyl groups is 1. The van der Waals surface area contributed by atoms with E-state index in [1.54, 1.807) is 0 Å². The van der Waals surface area contributed by atoms with Crippen LogP contribution in [0, 0.1) is 0 Å². The normalized spacial score (nSPS) is 18.0. The predicted octanol–water partition coefficient (Wildman–Crippen LogP) is 4.95. The summed E-state index contributed by atoms with van der Waals surface area (Å²) in [5.74, 6) is 0.0241. The molecule has 0 fully saturated rings. The molecule has 0 saturated carbocycles. The van der Waals surface area contributed by atoms with Crippen molar-refractivity contribution in [3.63, 3.8) is 0 Å². The molecule has 0 amide bonds. The number of hydrogen-bond acceptors (Lipinski definition) is 3. The second-order valence-corrected chi connectivity index (χ2v) is 7.63. The predicted molar refractivity (Wildman–Crippen MR) is 102 cm³/mol. The molecule has 0 radical (unpaired) electrons. The number of benzene rings is 1. The van der Waals surface area contributed by atoms with E-state index in [9.17, 15) is 9.90 Å². The molecule has 1 aliphatic rings. The highest BCUT2D eigenvalue weighted by Gasteiger charge is 2.23. The number of ether oxygens (including phenoxy) is 1. The molecule has 1 aromatic rings. The van der Waals surface area contributed by atoms with Crippen LogP contribution in [-0.2, 0) is 21.4 Å². The number of carbonyl (C=O) groups excluding carboxylic acids is 1. The number of allylic oxidation sites excluding steroid dienone is 4. The third-order valence-electron chi connectivity index (χ3n) is 4.46. The number of carbonyl (C=O) groups is 1. The van der Waals surface area contributed by atoms with Crippen LogP contribution < -0.4 is 0 Å². The number of phenols is 1. The lowest BCUT2D eigenvalue weighted by Crippen LogP contribution is -2.18. The standard InChI is InChI=1S/C22H28O3/c1-6-20(23)25-15(2)12-17-13-18(22(3,4)5)14-19(21(17)24)16-10-8-7-9-11-16/h6-10,13-16,24H,1,11-12H2,2-5H3. The van der Waals surface area contributed by atoms with E-state index in [-0.39, 0.29) is 17.4 Å². The van der Waals surface area contributed by atoms with Crippen LogP contribution in [-0.4, -0.2) is 17.2 Å². The molecule has 25 heavy (non-hydrogen) atoms. The van der Waals surface area contributed by atoms with Crippen molar-refractivity contribution >= 4 is 5.97 Å². The zero-order chi connectivity index (χ0) is 18.6. The summed E-state index contributed by atoms with van der Waals surface area (Å²) in [4.78, 5) is 11.4. The number of esters is 1. The van der Waals surface area contributed by atoms with Crippen LogP contribution in [0.2, 0.25) is 0 Å². The summed E-state index contributed by atoms with van der Waals surface area (Å²) in [7, 11) is 0. The summed E-state index contributed by atoms with van der Waals surface area (Å²) in [6, 6.07) is 4.13. The lowest BCUT2D eigenvalue weighted by atomic mass is 9.81. The molecular formula is C22H28O3. The minimum Gasteiger partial charge on any atom is -0.507 e. The molecule has 0 bridgehead atoms. The Morgan fingerprint density at radius 2 is 2.12 bits per heavy atom. The van der Waals surface area contributed by atoms with Gasteiger partial charge in [-0.1, -0.05) is 63.8 Å². The Kier molecular flexibility index (Phi) is 5.89. The van der Waals surface area contributed by atoms with Gasteiger partial charge in [0, 0.05) is 24.0 Å². The second-order valence-electron chi connectivity index (χ2n) is 7.63. The monoisotopic (exact) mass is 340 g/mol. The van der Waals surface area contributed by atoms with E-state index in [1.807, 2.05) is 25.1 Å². The fraction of sp³-hybridized carbons (Fsp3) is 0.409. The first-order valence-corrected chi connectivity index (χ1v) is 8.75. The lowest BCUT2D eigenvalue weighted by molar-refractivity contribution is -0.142. The maximum absolute atomic E-state index is 11.4. The third-order valence-corrected chi connectivity index (χ3v) is 4.46. The zero-order valence-corrected chi connectivity index (χ0v) is 15.6. The smallest absolute Gasteiger partial charge is 0.330 e. The van der Waals surface area contributed by atoms with E-state index in [4.69, 9.17) is 4.74 Å². The van der Waals surface area contributed by atoms with Crippen molar-refractivity contribution in [2.24, 2.45) is 0 Å². The van der Waals surface area contributed by atoms with Crippen LogP contribution in [0.25, 0.3) is 0 Å². The van der Waals surface area contributed by atoms with Crippen molar-refractivity contribution < 1.29 is 14.6 Å². The molecular weight excluding hydrogens is 312 g/mol. The zero-order valence-electron chi connectivity index (χ0n) is 15.6. The van der Waals surface area contributed by atoms with Crippen molar-refractivity contribution in [1.82, 2.24) is 0 Å². The summed E-state index contributed by atoms with van der Waals surface area (Å²) in [6.45, 7) is 11.7. The van der Waals surface area contributed by atoms with Crippen molar-refractivity contribution in [1.29, 1.82) is 0 Å². The average Bonchev–Trinajstić information content (AvgIpc) is 2.56. The third kappa shape index (κ3) is 4.85. The fourth-order valence-electron chi connectivity index (χ4n) is 3.00. The van der Waals surface area contributed by atoms with Gasteiger partial charge in [-0.15, -0.1) is 0 Å². The molecule has 0 aromatic heterocycles. The van der Waals surface area contributed by atoms with Gasteiger partial charge in [0.25, 0.3) is 0 Å². The Bertz CT molecular complexity index is 705. The van der Waals surface area contributed by atoms with Gasteiger partial charge in [0.1, 0.15) is 11.9 Å². The molecule has 134 valence electrons. The molecule has 0 spiro atoms. The van der Waals surface area contributed by atoms with Crippen molar-refractivity contribution in [3.8, 4) is 5.75 Å². The Balaban J connectivity index is 2.40. The first-order chi connectivity index (χ1) is 11.7. The molecule has 1 N–H and O–H groups in total. The second kappa shape index (κ2) is 7.73. The Hall–Kier alpha value is -2.29. The first kappa shape index (κ1) is 19.0. The number of phenolic OH excluding ortho intramolecular Hbond substituents is 1. The Morgan fingerprint density at radius 1 is 1.40 bits per heavy atom. The molecule has 0 saturated heterocycles. The van der Waals surface area contributed by atoms with Gasteiger partial charge in [0.2, 0.25) is 0 Å². The molecule has 1 aliphatic carbocycles. The van der Waals surface area contributed by atoms with Gasteiger partial charge in [0.15, 0.2) is 0 Å². The molecule has 2 rings (SSSR count). The van der Waals surface area contributed by atoms with Crippen molar-refractivity contribution in [3.05, 3.63) is 65.8 Å². The van der Waals surface area contributed by atoms with Gasteiger partial charge < -0.3 is 9.84 Å². The van der Waals surface area contributed by atoms with Crippen LogP contribution >= 0.6 is 0 Å². The Labute approximate surface area is 150 Å². The van der Waals surface area contributed by atoms with Crippen LogP contribution in [0.15, 0.2) is 49.1 Å². The summed E-state index contributed by atoms with van der Waals surface area (Å²) < 4.78 is 5.28. The van der Waals surface area contributed by atoms with Crippen molar-refractivity contribution in [2.45, 2.75) is 58.0 Å². The Morgan fingerprint density at radius 3 is 2.68 bits per heavy atom. The van der Waals surface area contributed by atoms with Crippen LogP contribution in [0.3, 0.4) is 0 Å². The average molecular weight is 340 g/mol. The van der Waals surface area contributed by atoms with Crippen molar-refractivity contribution in [2.75, 3.05) is 0 Å².